The van der Waals surface area contributed by atoms with Crippen molar-refractivity contribution >= 4 is 15.9 Å². The van der Waals surface area contributed by atoms with E-state index in [9.17, 15) is 0 Å². The lowest BCUT2D eigenvalue weighted by atomic mass is 9.88. The topological polar surface area (TPSA) is 0 Å². The van der Waals surface area contributed by atoms with Gasteiger partial charge in [0.2, 0.25) is 0 Å². The van der Waals surface area contributed by atoms with E-state index in [1.165, 1.54) is 37.4 Å². The Balaban J connectivity index is 2.04. The second-order valence-corrected chi connectivity index (χ2v) is 5.72. The molecule has 0 heterocycles. The smallest absolute Gasteiger partial charge is 0.00685 e. The number of aryl methyl sites for hydroxylation is 1. The van der Waals surface area contributed by atoms with Gasteiger partial charge in [0.05, 0.1) is 0 Å². The monoisotopic (exact) mass is 264 g/mol. The molecule has 1 aromatic rings. The van der Waals surface area contributed by atoms with Crippen molar-refractivity contribution in [1.82, 2.24) is 0 Å². The molecule has 2 atom stereocenters. The summed E-state index contributed by atoms with van der Waals surface area (Å²) in [5.74, 6) is 0.900. The summed E-state index contributed by atoms with van der Waals surface area (Å²) >= 11 is 3.66. The molecule has 0 aliphatic heterocycles. The lowest BCUT2D eigenvalue weighted by Crippen LogP contribution is -2.11. The van der Waals surface area contributed by atoms with Crippen LogP contribution in [0, 0.1) is 5.92 Å². The molecule has 1 saturated carbocycles. The zero-order valence-corrected chi connectivity index (χ0v) is 10.6. The van der Waals surface area contributed by atoms with Crippen molar-refractivity contribution in [3.8, 4) is 0 Å². The minimum Gasteiger partial charge on any atom is -0.0925 e. The fourth-order valence-corrected chi connectivity index (χ4v) is 4.18. The minimum absolute atomic E-state index is 0.566. The molecule has 1 spiro atoms. The van der Waals surface area contributed by atoms with Crippen molar-refractivity contribution < 1.29 is 0 Å². The van der Waals surface area contributed by atoms with E-state index in [-0.39, 0.29) is 0 Å². The molecule has 1 fully saturated rings. The van der Waals surface area contributed by atoms with Gasteiger partial charge >= 0.3 is 0 Å². The number of rotatable bonds is 1. The normalized spacial score (nSPS) is 33.5. The molecule has 0 saturated heterocycles. The summed E-state index contributed by atoms with van der Waals surface area (Å²) in [6, 6.07) is 9.13. The van der Waals surface area contributed by atoms with E-state index in [1.54, 1.807) is 11.1 Å². The number of alkyl halides is 1. The predicted molar refractivity (Wildman–Crippen MR) is 67.6 cm³/mol. The Bertz CT molecular complexity index is 371. The van der Waals surface area contributed by atoms with Gasteiger partial charge in [-0.05, 0) is 48.1 Å². The Morgan fingerprint density at radius 2 is 2.13 bits per heavy atom. The molecule has 80 valence electrons. The van der Waals surface area contributed by atoms with Crippen molar-refractivity contribution in [2.24, 2.45) is 5.92 Å². The van der Waals surface area contributed by atoms with Gasteiger partial charge in [0.25, 0.3) is 0 Å². The second-order valence-electron chi connectivity index (χ2n) is 5.08. The van der Waals surface area contributed by atoms with E-state index in [0.29, 0.717) is 5.41 Å². The van der Waals surface area contributed by atoms with Gasteiger partial charge in [0.15, 0.2) is 0 Å². The van der Waals surface area contributed by atoms with Crippen LogP contribution in [0.2, 0.25) is 0 Å². The summed E-state index contributed by atoms with van der Waals surface area (Å²) in [4.78, 5) is 0. The first-order chi connectivity index (χ1) is 7.37. The van der Waals surface area contributed by atoms with Crippen LogP contribution in [0.1, 0.15) is 36.8 Å². The maximum atomic E-state index is 3.66. The predicted octanol–water partition coefficient (Wildman–Crippen LogP) is 4.07. The molecule has 0 bridgehead atoms. The lowest BCUT2D eigenvalue weighted by Gasteiger charge is -2.17. The molecule has 3 rings (SSSR count). The average Bonchev–Trinajstić information content (AvgIpc) is 3.03. The van der Waals surface area contributed by atoms with E-state index in [2.05, 4.69) is 40.2 Å². The zero-order chi connectivity index (χ0) is 10.3. The number of halogens is 1. The van der Waals surface area contributed by atoms with Crippen LogP contribution in [0.5, 0.6) is 0 Å². The van der Waals surface area contributed by atoms with Crippen LogP contribution in [0.15, 0.2) is 24.3 Å². The van der Waals surface area contributed by atoms with E-state index >= 15 is 0 Å². The van der Waals surface area contributed by atoms with Crippen LogP contribution in [0.3, 0.4) is 0 Å². The van der Waals surface area contributed by atoms with E-state index < -0.39 is 0 Å². The second kappa shape index (κ2) is 3.62. The molecule has 2 aliphatic carbocycles. The highest BCUT2D eigenvalue weighted by Crippen LogP contribution is 2.60. The Hall–Kier alpha value is -0.300. The first kappa shape index (κ1) is 9.89. The van der Waals surface area contributed by atoms with Crippen LogP contribution >= 0.6 is 15.9 Å². The largest absolute Gasteiger partial charge is 0.0925 e. The van der Waals surface area contributed by atoms with Gasteiger partial charge in [-0.25, -0.2) is 0 Å². The third-order valence-electron chi connectivity index (χ3n) is 4.29. The summed E-state index contributed by atoms with van der Waals surface area (Å²) in [5.41, 5.74) is 3.86. The zero-order valence-electron chi connectivity index (χ0n) is 9.01. The number of fused-ring (bicyclic) bond motifs is 2. The molecule has 0 amide bonds. The highest BCUT2D eigenvalue weighted by atomic mass is 79.9. The van der Waals surface area contributed by atoms with Crippen molar-refractivity contribution in [3.63, 3.8) is 0 Å². The summed E-state index contributed by atoms with van der Waals surface area (Å²) in [5, 5.41) is 1.18. The molecule has 0 radical (unpaired) electrons. The molecular weight excluding hydrogens is 248 g/mol. The lowest BCUT2D eigenvalue weighted by molar-refractivity contribution is 0.554. The van der Waals surface area contributed by atoms with Crippen molar-refractivity contribution in [2.45, 2.75) is 37.5 Å². The fourth-order valence-electron chi connectivity index (χ4n) is 3.33. The summed E-state index contributed by atoms with van der Waals surface area (Å²) < 4.78 is 0. The molecule has 1 heteroatoms. The van der Waals surface area contributed by atoms with Crippen LogP contribution in [-0.2, 0) is 11.8 Å². The molecule has 2 aliphatic rings. The third kappa shape index (κ3) is 1.47. The molecule has 0 aromatic heterocycles. The van der Waals surface area contributed by atoms with Crippen LogP contribution in [0.25, 0.3) is 0 Å². The van der Waals surface area contributed by atoms with Gasteiger partial charge in [-0.15, -0.1) is 0 Å². The first-order valence-corrected chi connectivity index (χ1v) is 7.13. The average molecular weight is 265 g/mol. The quantitative estimate of drug-likeness (QED) is 0.671. The standard InChI is InChI=1S/C14H17Br/c15-10-12-9-14(12)8-4-3-6-11-5-1-2-7-13(11)14/h1-2,5,7,12H,3-4,6,8-10H2. The Kier molecular flexibility index (Phi) is 2.39. The number of benzene rings is 1. The molecule has 2 unspecified atom stereocenters. The summed E-state index contributed by atoms with van der Waals surface area (Å²) in [6.07, 6.45) is 6.93. The van der Waals surface area contributed by atoms with E-state index in [0.717, 1.165) is 5.92 Å². The van der Waals surface area contributed by atoms with E-state index in [4.69, 9.17) is 0 Å². The third-order valence-corrected chi connectivity index (χ3v) is 5.07. The minimum atomic E-state index is 0.566. The molecule has 1 aromatic carbocycles. The molecule has 0 N–H and O–H groups in total. The Morgan fingerprint density at radius 1 is 1.27 bits per heavy atom. The summed E-state index contributed by atoms with van der Waals surface area (Å²) in [6.45, 7) is 0. The van der Waals surface area contributed by atoms with Gasteiger partial charge in [-0.2, -0.15) is 0 Å². The van der Waals surface area contributed by atoms with Gasteiger partial charge in [-0.3, -0.25) is 0 Å². The fraction of sp³-hybridized carbons (Fsp3) is 0.571. The summed E-state index contributed by atoms with van der Waals surface area (Å²) in [7, 11) is 0. The van der Waals surface area contributed by atoms with Crippen molar-refractivity contribution in [3.05, 3.63) is 35.4 Å². The van der Waals surface area contributed by atoms with Gasteiger partial charge in [0.1, 0.15) is 0 Å². The highest BCUT2D eigenvalue weighted by Gasteiger charge is 2.54. The van der Waals surface area contributed by atoms with Gasteiger partial charge < -0.3 is 0 Å². The van der Waals surface area contributed by atoms with E-state index in [1.807, 2.05) is 0 Å². The van der Waals surface area contributed by atoms with Crippen molar-refractivity contribution in [2.75, 3.05) is 5.33 Å². The Labute approximate surface area is 100 Å². The maximum Gasteiger partial charge on any atom is 0.00685 e. The number of hydrogen-bond donors (Lipinski definition) is 0. The Morgan fingerprint density at radius 3 is 2.93 bits per heavy atom. The maximum absolute atomic E-state index is 3.66. The molecular formula is C14H17Br. The van der Waals surface area contributed by atoms with Crippen LogP contribution in [0.4, 0.5) is 0 Å². The molecule has 15 heavy (non-hydrogen) atoms. The van der Waals surface area contributed by atoms with Crippen LogP contribution in [-0.4, -0.2) is 5.33 Å². The molecule has 0 nitrogen and oxygen atoms in total. The van der Waals surface area contributed by atoms with Gasteiger partial charge in [0, 0.05) is 5.33 Å². The van der Waals surface area contributed by atoms with Crippen molar-refractivity contribution in [1.29, 1.82) is 0 Å². The van der Waals surface area contributed by atoms with Gasteiger partial charge in [-0.1, -0.05) is 46.6 Å². The number of hydrogen-bond acceptors (Lipinski definition) is 0. The first-order valence-electron chi connectivity index (χ1n) is 6.01. The highest BCUT2D eigenvalue weighted by molar-refractivity contribution is 9.09. The van der Waals surface area contributed by atoms with Crippen LogP contribution < -0.4 is 0 Å². The SMILES string of the molecule is BrCC1CC12CCCCc1ccccc12.